The average Bonchev–Trinajstić information content (AvgIpc) is 2.47. The lowest BCUT2D eigenvalue weighted by molar-refractivity contribution is 0.0699. The van der Waals surface area contributed by atoms with Crippen LogP contribution in [0.1, 0.15) is 43.0 Å². The molecule has 0 bridgehead atoms. The van der Waals surface area contributed by atoms with Gasteiger partial charge in [-0.1, -0.05) is 44.0 Å². The second kappa shape index (κ2) is 6.10. The minimum atomic E-state index is -0.853. The average molecular weight is 300 g/mol. The van der Waals surface area contributed by atoms with Crippen LogP contribution >= 0.6 is 11.8 Å². The minimum absolute atomic E-state index is 0.395. The van der Waals surface area contributed by atoms with Crippen molar-refractivity contribution in [1.82, 2.24) is 0 Å². The molecule has 0 saturated heterocycles. The van der Waals surface area contributed by atoms with E-state index in [0.29, 0.717) is 10.8 Å². The van der Waals surface area contributed by atoms with Crippen LogP contribution in [0.15, 0.2) is 41.3 Å². The number of benzene rings is 2. The Morgan fingerprint density at radius 1 is 1.14 bits per heavy atom. The molecule has 21 heavy (non-hydrogen) atoms. The molecule has 1 fully saturated rings. The number of fused-ring (bicyclic) bond motifs is 1. The summed E-state index contributed by atoms with van der Waals surface area (Å²) in [5.74, 6) is -0.0464. The summed E-state index contributed by atoms with van der Waals surface area (Å²) in [6.45, 7) is 2.33. The van der Waals surface area contributed by atoms with Gasteiger partial charge in [0, 0.05) is 10.1 Å². The van der Waals surface area contributed by atoms with Gasteiger partial charge in [-0.3, -0.25) is 0 Å². The van der Waals surface area contributed by atoms with Crippen LogP contribution in [-0.4, -0.2) is 16.3 Å². The fourth-order valence-corrected chi connectivity index (χ4v) is 4.75. The summed E-state index contributed by atoms with van der Waals surface area (Å²) in [6, 6.07) is 11.6. The van der Waals surface area contributed by atoms with E-state index in [4.69, 9.17) is 0 Å². The van der Waals surface area contributed by atoms with E-state index in [1.807, 2.05) is 42.1 Å². The first kappa shape index (κ1) is 14.5. The molecule has 0 aromatic heterocycles. The number of carboxylic acid groups (broad SMARTS) is 1. The molecule has 2 aromatic carbocycles. The molecule has 0 amide bonds. The Bertz CT molecular complexity index is 665. The standard InChI is InChI=1S/C18H20O2S/c1-12-5-4-6-13(11-12)21-17-10-9-16(18(19)20)14-7-2-3-8-15(14)17/h2-3,7-10,12-13H,4-6,11H2,1H3,(H,19,20). The van der Waals surface area contributed by atoms with E-state index < -0.39 is 5.97 Å². The molecule has 0 aliphatic heterocycles. The fraction of sp³-hybridized carbons (Fsp3) is 0.389. The molecule has 110 valence electrons. The van der Waals surface area contributed by atoms with Crippen LogP contribution < -0.4 is 0 Å². The van der Waals surface area contributed by atoms with E-state index in [1.54, 1.807) is 6.07 Å². The summed E-state index contributed by atoms with van der Waals surface area (Å²) in [6.07, 6.45) is 5.18. The van der Waals surface area contributed by atoms with Gasteiger partial charge in [-0.2, -0.15) is 0 Å². The molecule has 3 rings (SSSR count). The summed E-state index contributed by atoms with van der Waals surface area (Å²) in [4.78, 5) is 12.6. The van der Waals surface area contributed by atoms with Crippen molar-refractivity contribution in [3.63, 3.8) is 0 Å². The van der Waals surface area contributed by atoms with Crippen molar-refractivity contribution in [3.8, 4) is 0 Å². The van der Waals surface area contributed by atoms with Crippen LogP contribution in [0.25, 0.3) is 10.8 Å². The van der Waals surface area contributed by atoms with Gasteiger partial charge in [0.2, 0.25) is 0 Å². The molecule has 3 heteroatoms. The zero-order valence-corrected chi connectivity index (χ0v) is 13.0. The highest BCUT2D eigenvalue weighted by molar-refractivity contribution is 8.00. The van der Waals surface area contributed by atoms with Crippen molar-refractivity contribution < 1.29 is 9.90 Å². The molecule has 2 atom stereocenters. The van der Waals surface area contributed by atoms with Crippen molar-refractivity contribution in [2.45, 2.75) is 42.8 Å². The van der Waals surface area contributed by atoms with Crippen molar-refractivity contribution in [2.24, 2.45) is 5.92 Å². The van der Waals surface area contributed by atoms with Gasteiger partial charge in [-0.15, -0.1) is 11.8 Å². The van der Waals surface area contributed by atoms with Crippen molar-refractivity contribution in [2.75, 3.05) is 0 Å². The quantitative estimate of drug-likeness (QED) is 0.845. The van der Waals surface area contributed by atoms with Gasteiger partial charge in [0.15, 0.2) is 0 Å². The summed E-state index contributed by atoms with van der Waals surface area (Å²) in [7, 11) is 0. The van der Waals surface area contributed by atoms with Crippen molar-refractivity contribution >= 4 is 28.5 Å². The van der Waals surface area contributed by atoms with Crippen LogP contribution in [0.2, 0.25) is 0 Å². The Balaban J connectivity index is 1.96. The van der Waals surface area contributed by atoms with Gasteiger partial charge in [-0.05, 0) is 41.7 Å². The number of hydrogen-bond donors (Lipinski definition) is 1. The number of carboxylic acids is 1. The molecular formula is C18H20O2S. The third kappa shape index (κ3) is 3.08. The Morgan fingerprint density at radius 2 is 1.90 bits per heavy atom. The van der Waals surface area contributed by atoms with E-state index in [2.05, 4.69) is 6.92 Å². The topological polar surface area (TPSA) is 37.3 Å². The van der Waals surface area contributed by atoms with Crippen LogP contribution in [0, 0.1) is 5.92 Å². The number of carbonyl (C=O) groups is 1. The smallest absolute Gasteiger partial charge is 0.336 e. The molecule has 2 aromatic rings. The lowest BCUT2D eigenvalue weighted by Gasteiger charge is -2.26. The largest absolute Gasteiger partial charge is 0.478 e. The molecule has 2 nitrogen and oxygen atoms in total. The van der Waals surface area contributed by atoms with Gasteiger partial charge in [-0.25, -0.2) is 4.79 Å². The first-order valence-electron chi connectivity index (χ1n) is 7.57. The van der Waals surface area contributed by atoms with Crippen LogP contribution in [0.5, 0.6) is 0 Å². The highest BCUT2D eigenvalue weighted by Crippen LogP contribution is 2.39. The lowest BCUT2D eigenvalue weighted by atomic mass is 9.91. The molecule has 1 saturated carbocycles. The molecule has 1 aliphatic rings. The van der Waals surface area contributed by atoms with Crippen LogP contribution in [-0.2, 0) is 0 Å². The van der Waals surface area contributed by atoms with Gasteiger partial charge < -0.3 is 5.11 Å². The van der Waals surface area contributed by atoms with Crippen molar-refractivity contribution in [1.29, 1.82) is 0 Å². The van der Waals surface area contributed by atoms with Crippen LogP contribution in [0.4, 0.5) is 0 Å². The third-order valence-corrected chi connectivity index (χ3v) is 5.67. The second-order valence-electron chi connectivity index (χ2n) is 5.97. The number of thioether (sulfide) groups is 1. The molecule has 1 aliphatic carbocycles. The SMILES string of the molecule is CC1CCCC(Sc2ccc(C(=O)O)c3ccccc23)C1. The summed E-state index contributed by atoms with van der Waals surface area (Å²) in [5, 5.41) is 11.9. The predicted molar refractivity (Wildman–Crippen MR) is 88.2 cm³/mol. The van der Waals surface area contributed by atoms with E-state index >= 15 is 0 Å². The Kier molecular flexibility index (Phi) is 4.20. The summed E-state index contributed by atoms with van der Waals surface area (Å²) < 4.78 is 0. The minimum Gasteiger partial charge on any atom is -0.478 e. The molecule has 0 heterocycles. The van der Waals surface area contributed by atoms with E-state index in [9.17, 15) is 9.90 Å². The predicted octanol–water partition coefficient (Wildman–Crippen LogP) is 5.21. The van der Waals surface area contributed by atoms with E-state index in [-0.39, 0.29) is 0 Å². The number of rotatable bonds is 3. The first-order valence-corrected chi connectivity index (χ1v) is 8.45. The Morgan fingerprint density at radius 3 is 2.62 bits per heavy atom. The molecule has 0 radical (unpaired) electrons. The lowest BCUT2D eigenvalue weighted by Crippen LogP contribution is -2.14. The highest BCUT2D eigenvalue weighted by Gasteiger charge is 2.21. The second-order valence-corrected chi connectivity index (χ2v) is 7.32. The zero-order valence-electron chi connectivity index (χ0n) is 12.2. The zero-order chi connectivity index (χ0) is 14.8. The van der Waals surface area contributed by atoms with Gasteiger partial charge in [0.25, 0.3) is 0 Å². The monoisotopic (exact) mass is 300 g/mol. The van der Waals surface area contributed by atoms with Crippen molar-refractivity contribution in [3.05, 3.63) is 42.0 Å². The molecule has 1 N–H and O–H groups in total. The maximum atomic E-state index is 11.4. The highest BCUT2D eigenvalue weighted by atomic mass is 32.2. The molecule has 2 unspecified atom stereocenters. The maximum Gasteiger partial charge on any atom is 0.336 e. The van der Waals surface area contributed by atoms with Gasteiger partial charge in [0.1, 0.15) is 0 Å². The molecular weight excluding hydrogens is 280 g/mol. The number of hydrogen-bond acceptors (Lipinski definition) is 2. The maximum absolute atomic E-state index is 11.4. The third-order valence-electron chi connectivity index (χ3n) is 4.30. The van der Waals surface area contributed by atoms with E-state index in [1.165, 1.54) is 30.6 Å². The van der Waals surface area contributed by atoms with E-state index in [0.717, 1.165) is 16.7 Å². The first-order chi connectivity index (χ1) is 10.1. The summed E-state index contributed by atoms with van der Waals surface area (Å²) >= 11 is 1.93. The Hall–Kier alpha value is -1.48. The number of aromatic carboxylic acids is 1. The van der Waals surface area contributed by atoms with Gasteiger partial charge >= 0.3 is 5.97 Å². The summed E-state index contributed by atoms with van der Waals surface area (Å²) in [5.41, 5.74) is 0.395. The van der Waals surface area contributed by atoms with Gasteiger partial charge in [0.05, 0.1) is 5.56 Å². The fourth-order valence-electron chi connectivity index (χ4n) is 3.23. The Labute approximate surface area is 129 Å². The molecule has 0 spiro atoms. The van der Waals surface area contributed by atoms with Crippen LogP contribution in [0.3, 0.4) is 0 Å². The normalized spacial score (nSPS) is 22.3.